The fourth-order valence-corrected chi connectivity index (χ4v) is 5.00. The fraction of sp³-hybridized carbons (Fsp3) is 0.448. The number of nitrogens with zero attached hydrogens (tertiary/aromatic N) is 1. The molecule has 8 heteroatoms. The van der Waals surface area contributed by atoms with Gasteiger partial charge in [-0.1, -0.05) is 60.2 Å². The summed E-state index contributed by atoms with van der Waals surface area (Å²) in [4.78, 5) is 53.1. The second-order valence-corrected chi connectivity index (χ2v) is 9.56. The lowest BCUT2D eigenvalue weighted by atomic mass is 9.79. The standard InChI is InChI=1S/C29H35NO7/c1-20-10-8-13-24(16-20)18-29(26(32)17-25(27(33)35-4)21(2)37-22(3)31)14-9-15-30(29)28(34)36-19-23-11-6-5-7-12-23/h5-8,10-13,16,21,25H,9,14-15,17-19H2,1-4H3/t21-,25?,29-/m1/s1. The van der Waals surface area contributed by atoms with Crippen LogP contribution in [0.4, 0.5) is 4.79 Å². The van der Waals surface area contributed by atoms with Gasteiger partial charge >= 0.3 is 18.0 Å². The highest BCUT2D eigenvalue weighted by atomic mass is 16.6. The van der Waals surface area contributed by atoms with Crippen molar-refractivity contribution in [2.75, 3.05) is 13.7 Å². The minimum atomic E-state index is -1.20. The second-order valence-electron chi connectivity index (χ2n) is 9.56. The largest absolute Gasteiger partial charge is 0.469 e. The molecule has 1 unspecified atom stereocenters. The molecule has 0 spiro atoms. The van der Waals surface area contributed by atoms with Gasteiger partial charge in [0.05, 0.1) is 7.11 Å². The Bertz CT molecular complexity index is 1120. The van der Waals surface area contributed by atoms with E-state index in [1.54, 1.807) is 6.92 Å². The zero-order chi connectivity index (χ0) is 27.0. The average Bonchev–Trinajstić information content (AvgIpc) is 3.30. The predicted octanol–water partition coefficient (Wildman–Crippen LogP) is 4.41. The van der Waals surface area contributed by atoms with Crippen LogP contribution >= 0.6 is 0 Å². The van der Waals surface area contributed by atoms with E-state index in [0.717, 1.165) is 16.7 Å². The molecule has 2 aromatic carbocycles. The molecule has 0 bridgehead atoms. The number of hydrogen-bond donors (Lipinski definition) is 0. The van der Waals surface area contributed by atoms with Gasteiger partial charge in [-0.25, -0.2) is 4.79 Å². The molecule has 0 N–H and O–H groups in total. The Morgan fingerprint density at radius 3 is 2.38 bits per heavy atom. The van der Waals surface area contributed by atoms with Crippen molar-refractivity contribution in [3.63, 3.8) is 0 Å². The number of carbonyl (C=O) groups is 4. The van der Waals surface area contributed by atoms with Crippen molar-refractivity contribution in [1.29, 1.82) is 0 Å². The van der Waals surface area contributed by atoms with Crippen molar-refractivity contribution in [2.45, 2.75) is 64.7 Å². The number of benzene rings is 2. The lowest BCUT2D eigenvalue weighted by Crippen LogP contribution is -2.55. The van der Waals surface area contributed by atoms with Crippen molar-refractivity contribution >= 4 is 23.8 Å². The van der Waals surface area contributed by atoms with Crippen LogP contribution in [0.25, 0.3) is 0 Å². The Balaban J connectivity index is 1.92. The normalized spacial score (nSPS) is 18.5. The smallest absolute Gasteiger partial charge is 0.410 e. The zero-order valence-electron chi connectivity index (χ0n) is 21.9. The van der Waals surface area contributed by atoms with E-state index in [2.05, 4.69) is 0 Å². The van der Waals surface area contributed by atoms with Crippen LogP contribution in [-0.4, -0.2) is 54.0 Å². The van der Waals surface area contributed by atoms with E-state index in [1.165, 1.54) is 18.9 Å². The van der Waals surface area contributed by atoms with Gasteiger partial charge in [0.15, 0.2) is 5.78 Å². The molecule has 1 aliphatic heterocycles. The quantitative estimate of drug-likeness (QED) is 0.346. The molecular formula is C29H35NO7. The molecule has 0 aromatic heterocycles. The third-order valence-electron chi connectivity index (χ3n) is 6.84. The van der Waals surface area contributed by atoms with Crippen LogP contribution in [0.5, 0.6) is 0 Å². The summed E-state index contributed by atoms with van der Waals surface area (Å²) in [5.74, 6) is -2.50. The minimum Gasteiger partial charge on any atom is -0.469 e. The van der Waals surface area contributed by atoms with Gasteiger partial charge in [0.2, 0.25) is 0 Å². The number of methoxy groups -OCH3 is 1. The monoisotopic (exact) mass is 509 g/mol. The maximum absolute atomic E-state index is 14.1. The molecule has 0 aliphatic carbocycles. The first-order valence-corrected chi connectivity index (χ1v) is 12.5. The van der Waals surface area contributed by atoms with Gasteiger partial charge < -0.3 is 14.2 Å². The molecule has 3 atom stereocenters. The number of ether oxygens (including phenoxy) is 3. The predicted molar refractivity (Wildman–Crippen MR) is 137 cm³/mol. The number of aryl methyl sites for hydroxylation is 1. The van der Waals surface area contributed by atoms with E-state index in [9.17, 15) is 19.2 Å². The van der Waals surface area contributed by atoms with Crippen LogP contribution in [0.3, 0.4) is 0 Å². The number of amides is 1. The SMILES string of the molecule is COC(=O)C(CC(=O)[C@]1(Cc2cccc(C)c2)CCCN1C(=O)OCc1ccccc1)[C@@H](C)OC(C)=O. The molecule has 1 aliphatic rings. The molecule has 2 aromatic rings. The average molecular weight is 510 g/mol. The van der Waals surface area contributed by atoms with Crippen molar-refractivity contribution in [2.24, 2.45) is 5.92 Å². The molecule has 3 rings (SSSR count). The number of carbonyl (C=O) groups excluding carboxylic acids is 4. The van der Waals surface area contributed by atoms with Crippen molar-refractivity contribution in [3.05, 3.63) is 71.3 Å². The van der Waals surface area contributed by atoms with Crippen LogP contribution in [0.15, 0.2) is 54.6 Å². The van der Waals surface area contributed by atoms with E-state index in [4.69, 9.17) is 14.2 Å². The summed E-state index contributed by atoms with van der Waals surface area (Å²) in [6.45, 7) is 5.21. The molecule has 8 nitrogen and oxygen atoms in total. The van der Waals surface area contributed by atoms with Gasteiger partial charge in [0.25, 0.3) is 0 Å². The molecular weight excluding hydrogens is 474 g/mol. The third kappa shape index (κ3) is 6.96. The number of Topliss-reactive ketones (excluding diaryl/α,β-unsaturated/α-hetero) is 1. The molecule has 37 heavy (non-hydrogen) atoms. The van der Waals surface area contributed by atoms with Gasteiger partial charge in [0.1, 0.15) is 24.2 Å². The lowest BCUT2D eigenvalue weighted by Gasteiger charge is -2.38. The summed E-state index contributed by atoms with van der Waals surface area (Å²) < 4.78 is 15.8. The Hall–Kier alpha value is -3.68. The maximum Gasteiger partial charge on any atom is 0.410 e. The minimum absolute atomic E-state index is 0.0825. The Labute approximate surface area is 217 Å². The zero-order valence-corrected chi connectivity index (χ0v) is 21.9. The summed E-state index contributed by atoms with van der Waals surface area (Å²) in [5.41, 5.74) is 1.57. The van der Waals surface area contributed by atoms with E-state index >= 15 is 0 Å². The molecule has 1 amide bonds. The van der Waals surface area contributed by atoms with Crippen LogP contribution in [0, 0.1) is 12.8 Å². The molecule has 0 radical (unpaired) electrons. The lowest BCUT2D eigenvalue weighted by molar-refractivity contribution is -0.160. The summed E-state index contributed by atoms with van der Waals surface area (Å²) in [6, 6.07) is 17.1. The van der Waals surface area contributed by atoms with Crippen molar-refractivity contribution < 1.29 is 33.4 Å². The first-order chi connectivity index (χ1) is 17.7. The number of rotatable bonds is 10. The van der Waals surface area contributed by atoms with Crippen LogP contribution in [-0.2, 0) is 41.6 Å². The summed E-state index contributed by atoms with van der Waals surface area (Å²) >= 11 is 0. The molecule has 198 valence electrons. The first kappa shape index (κ1) is 27.9. The highest BCUT2D eigenvalue weighted by Gasteiger charge is 2.51. The van der Waals surface area contributed by atoms with E-state index in [-0.39, 0.29) is 25.2 Å². The molecule has 1 fully saturated rings. The van der Waals surface area contributed by atoms with Crippen molar-refractivity contribution in [1.82, 2.24) is 4.90 Å². The topological polar surface area (TPSA) is 99.2 Å². The highest BCUT2D eigenvalue weighted by Crippen LogP contribution is 2.37. The summed E-state index contributed by atoms with van der Waals surface area (Å²) in [6.07, 6.45) is -0.370. The van der Waals surface area contributed by atoms with Gasteiger partial charge in [-0.15, -0.1) is 0 Å². The summed E-state index contributed by atoms with van der Waals surface area (Å²) in [7, 11) is 1.23. The molecule has 0 saturated carbocycles. The van der Waals surface area contributed by atoms with Gasteiger partial charge in [-0.3, -0.25) is 19.3 Å². The van der Waals surface area contributed by atoms with Crippen molar-refractivity contribution in [3.8, 4) is 0 Å². The first-order valence-electron chi connectivity index (χ1n) is 12.5. The van der Waals surface area contributed by atoms with Crippen LogP contribution in [0.1, 0.15) is 49.8 Å². The van der Waals surface area contributed by atoms with Gasteiger partial charge in [-0.2, -0.15) is 0 Å². The second kappa shape index (κ2) is 12.5. The van der Waals surface area contributed by atoms with E-state index < -0.39 is 35.6 Å². The van der Waals surface area contributed by atoms with Crippen LogP contribution in [0.2, 0.25) is 0 Å². The number of ketones is 1. The Morgan fingerprint density at radius 1 is 1.03 bits per heavy atom. The number of hydrogen-bond acceptors (Lipinski definition) is 7. The van der Waals surface area contributed by atoms with E-state index in [0.29, 0.717) is 19.4 Å². The van der Waals surface area contributed by atoms with Crippen LogP contribution < -0.4 is 0 Å². The van der Waals surface area contributed by atoms with Gasteiger partial charge in [-0.05, 0) is 37.8 Å². The Kier molecular flexibility index (Phi) is 9.44. The molecule has 1 heterocycles. The maximum atomic E-state index is 14.1. The fourth-order valence-electron chi connectivity index (χ4n) is 5.00. The third-order valence-corrected chi connectivity index (χ3v) is 6.84. The highest BCUT2D eigenvalue weighted by molar-refractivity contribution is 5.95. The number of likely N-dealkylation sites (tertiary alicyclic amines) is 1. The summed E-state index contributed by atoms with van der Waals surface area (Å²) in [5, 5.41) is 0. The van der Waals surface area contributed by atoms with E-state index in [1.807, 2.05) is 61.5 Å². The Morgan fingerprint density at radius 2 is 1.73 bits per heavy atom. The van der Waals surface area contributed by atoms with Gasteiger partial charge in [0, 0.05) is 26.3 Å². The molecule has 1 saturated heterocycles. The number of esters is 2.